The van der Waals surface area contributed by atoms with Crippen LogP contribution in [0.3, 0.4) is 0 Å². The number of H-pyrrole nitrogens is 1. The number of fused-ring (bicyclic) bond motifs is 5. The monoisotopic (exact) mass is 311 g/mol. The Balaban J connectivity index is 1.94. The molecule has 1 aromatic heterocycles. The quantitative estimate of drug-likeness (QED) is 0.811. The van der Waals surface area contributed by atoms with Crippen LogP contribution in [0.5, 0.6) is 5.75 Å². The third-order valence-electron chi connectivity index (χ3n) is 3.60. The van der Waals surface area contributed by atoms with Gasteiger partial charge in [-0.2, -0.15) is 0 Å². The van der Waals surface area contributed by atoms with E-state index >= 15 is 0 Å². The molecule has 2 atom stereocenters. The van der Waals surface area contributed by atoms with Crippen molar-refractivity contribution in [3.05, 3.63) is 43.3 Å². The molecule has 2 aromatic rings. The lowest BCUT2D eigenvalue weighted by molar-refractivity contribution is 0.219. The number of aromatic nitrogens is 1. The number of benzene rings is 1. The predicted octanol–water partition coefficient (Wildman–Crippen LogP) is 3.34. The van der Waals surface area contributed by atoms with E-state index in [0.717, 1.165) is 27.0 Å². The Kier molecular flexibility index (Phi) is 2.69. The molecule has 0 aliphatic carbocycles. The van der Waals surface area contributed by atoms with Crippen molar-refractivity contribution >= 4 is 34.7 Å². The highest BCUT2D eigenvalue weighted by Gasteiger charge is 2.38. The van der Waals surface area contributed by atoms with Crippen molar-refractivity contribution in [1.82, 2.24) is 4.98 Å². The number of hydrogen-bond donors (Lipinski definition) is 1. The maximum Gasteiger partial charge on any atom is 0.305 e. The fourth-order valence-corrected chi connectivity index (χ4v) is 5.36. The maximum absolute atomic E-state index is 11.6. The summed E-state index contributed by atoms with van der Waals surface area (Å²) in [6.07, 6.45) is 0. The molecule has 3 heterocycles. The van der Waals surface area contributed by atoms with Crippen LogP contribution in [0, 0.1) is 5.92 Å². The molecule has 2 aliphatic rings. The van der Waals surface area contributed by atoms with Crippen molar-refractivity contribution in [2.24, 2.45) is 5.92 Å². The van der Waals surface area contributed by atoms with Crippen LogP contribution in [0.15, 0.2) is 28.0 Å². The standard InChI is InChI=1S/C13H10ClNO2S2/c14-7-1-2-9-8(3-7)10-6(4-17-9)5-18-12-11(10)19-13(16)15-12/h1-3,6,10H,4-5H2,(H,15,16)/t6-,10+/m1/s1. The first kappa shape index (κ1) is 11.9. The zero-order valence-corrected chi connectivity index (χ0v) is 12.2. The molecule has 4 rings (SSSR count). The molecule has 0 spiro atoms. The maximum atomic E-state index is 11.6. The topological polar surface area (TPSA) is 42.1 Å². The second-order valence-corrected chi connectivity index (χ2v) is 7.23. The Labute approximate surface area is 122 Å². The number of thiazole rings is 1. The van der Waals surface area contributed by atoms with E-state index in [4.69, 9.17) is 16.3 Å². The summed E-state index contributed by atoms with van der Waals surface area (Å²) >= 11 is 9.14. The highest BCUT2D eigenvalue weighted by molar-refractivity contribution is 7.99. The normalized spacial score (nSPS) is 24.1. The summed E-state index contributed by atoms with van der Waals surface area (Å²) in [4.78, 5) is 15.7. The number of thioether (sulfide) groups is 1. The molecule has 1 N–H and O–H groups in total. The molecule has 0 amide bonds. The molecule has 19 heavy (non-hydrogen) atoms. The number of rotatable bonds is 0. The van der Waals surface area contributed by atoms with E-state index in [9.17, 15) is 4.79 Å². The first-order valence-electron chi connectivity index (χ1n) is 6.00. The van der Waals surface area contributed by atoms with Gasteiger partial charge in [0.05, 0.1) is 11.6 Å². The predicted molar refractivity (Wildman–Crippen MR) is 77.9 cm³/mol. The molecule has 0 saturated heterocycles. The molecule has 2 aliphatic heterocycles. The van der Waals surface area contributed by atoms with Crippen molar-refractivity contribution in [3.63, 3.8) is 0 Å². The number of nitrogens with one attached hydrogen (secondary N) is 1. The van der Waals surface area contributed by atoms with Gasteiger partial charge in [0.2, 0.25) is 0 Å². The van der Waals surface area contributed by atoms with Crippen LogP contribution in [0.2, 0.25) is 5.02 Å². The molecule has 98 valence electrons. The van der Waals surface area contributed by atoms with Gasteiger partial charge in [0.1, 0.15) is 5.75 Å². The largest absolute Gasteiger partial charge is 0.493 e. The fourth-order valence-electron chi connectivity index (χ4n) is 2.77. The van der Waals surface area contributed by atoms with Gasteiger partial charge in [-0.15, -0.1) is 11.8 Å². The highest BCUT2D eigenvalue weighted by Crippen LogP contribution is 2.50. The zero-order valence-electron chi connectivity index (χ0n) is 9.81. The molecule has 0 saturated carbocycles. The Hall–Kier alpha value is -0.910. The molecular formula is C13H10ClNO2S2. The van der Waals surface area contributed by atoms with Gasteiger partial charge >= 0.3 is 4.87 Å². The first-order valence-corrected chi connectivity index (χ1v) is 8.18. The second-order valence-electron chi connectivity index (χ2n) is 4.75. The average molecular weight is 312 g/mol. The molecule has 6 heteroatoms. The van der Waals surface area contributed by atoms with Gasteiger partial charge in [-0.25, -0.2) is 0 Å². The lowest BCUT2D eigenvalue weighted by Crippen LogP contribution is -2.30. The summed E-state index contributed by atoms with van der Waals surface area (Å²) in [6.45, 7) is 0.706. The minimum absolute atomic E-state index is 0.0215. The van der Waals surface area contributed by atoms with E-state index in [1.165, 1.54) is 11.3 Å². The van der Waals surface area contributed by atoms with Gasteiger partial charge in [-0.05, 0) is 18.2 Å². The third-order valence-corrected chi connectivity index (χ3v) is 6.13. The Morgan fingerprint density at radius 1 is 1.42 bits per heavy atom. The van der Waals surface area contributed by atoms with Crippen LogP contribution in [0.25, 0.3) is 0 Å². The Morgan fingerprint density at radius 3 is 3.21 bits per heavy atom. The summed E-state index contributed by atoms with van der Waals surface area (Å²) in [5, 5.41) is 1.73. The van der Waals surface area contributed by atoms with Crippen molar-refractivity contribution in [2.45, 2.75) is 10.9 Å². The van der Waals surface area contributed by atoms with E-state index < -0.39 is 0 Å². The average Bonchev–Trinajstić information content (AvgIpc) is 2.78. The van der Waals surface area contributed by atoms with Crippen molar-refractivity contribution in [3.8, 4) is 5.75 Å². The van der Waals surface area contributed by atoms with Crippen molar-refractivity contribution in [2.75, 3.05) is 12.4 Å². The minimum Gasteiger partial charge on any atom is -0.493 e. The number of hydrogen-bond acceptors (Lipinski definition) is 4. The van der Waals surface area contributed by atoms with Gasteiger partial charge in [0.15, 0.2) is 0 Å². The summed E-state index contributed by atoms with van der Waals surface area (Å²) in [5.74, 6) is 2.51. The number of ether oxygens (including phenoxy) is 1. The zero-order chi connectivity index (χ0) is 13.0. The minimum atomic E-state index is 0.0215. The molecular weight excluding hydrogens is 302 g/mol. The lowest BCUT2D eigenvalue weighted by Gasteiger charge is -2.36. The molecule has 0 fully saturated rings. The lowest BCUT2D eigenvalue weighted by atomic mass is 9.84. The van der Waals surface area contributed by atoms with Crippen LogP contribution < -0.4 is 9.61 Å². The number of aromatic amines is 1. The third kappa shape index (κ3) is 1.83. The van der Waals surface area contributed by atoms with Crippen LogP contribution in [0.1, 0.15) is 16.4 Å². The highest BCUT2D eigenvalue weighted by atomic mass is 35.5. The smallest absolute Gasteiger partial charge is 0.305 e. The fraction of sp³-hybridized carbons (Fsp3) is 0.308. The molecule has 0 unspecified atom stereocenters. The molecule has 0 bridgehead atoms. The van der Waals surface area contributed by atoms with E-state index in [1.807, 2.05) is 18.2 Å². The summed E-state index contributed by atoms with van der Waals surface area (Å²) in [5.41, 5.74) is 1.11. The Bertz CT molecular complexity index is 709. The van der Waals surface area contributed by atoms with Crippen molar-refractivity contribution < 1.29 is 4.74 Å². The van der Waals surface area contributed by atoms with Gasteiger partial charge in [0, 0.05) is 33.1 Å². The van der Waals surface area contributed by atoms with Crippen LogP contribution in [-0.4, -0.2) is 17.3 Å². The van der Waals surface area contributed by atoms with Crippen LogP contribution >= 0.6 is 34.7 Å². The van der Waals surface area contributed by atoms with Gasteiger partial charge in [-0.3, -0.25) is 4.79 Å². The van der Waals surface area contributed by atoms with E-state index in [0.29, 0.717) is 17.5 Å². The van der Waals surface area contributed by atoms with Crippen LogP contribution in [0.4, 0.5) is 0 Å². The van der Waals surface area contributed by atoms with E-state index in [1.54, 1.807) is 11.8 Å². The number of halogens is 1. The van der Waals surface area contributed by atoms with E-state index in [-0.39, 0.29) is 10.8 Å². The second kappa shape index (κ2) is 4.30. The summed E-state index contributed by atoms with van der Waals surface area (Å²) in [6, 6.07) is 5.74. The van der Waals surface area contributed by atoms with E-state index in [2.05, 4.69) is 4.98 Å². The summed E-state index contributed by atoms with van der Waals surface area (Å²) < 4.78 is 5.81. The first-order chi connectivity index (χ1) is 9.22. The van der Waals surface area contributed by atoms with Crippen molar-refractivity contribution in [1.29, 1.82) is 0 Å². The van der Waals surface area contributed by atoms with Gasteiger partial charge < -0.3 is 9.72 Å². The summed E-state index contributed by atoms with van der Waals surface area (Å²) in [7, 11) is 0. The Morgan fingerprint density at radius 2 is 2.32 bits per heavy atom. The molecule has 0 radical (unpaired) electrons. The molecule has 3 nitrogen and oxygen atoms in total. The van der Waals surface area contributed by atoms with Gasteiger partial charge in [-0.1, -0.05) is 22.9 Å². The van der Waals surface area contributed by atoms with Gasteiger partial charge in [0.25, 0.3) is 0 Å². The molecule has 1 aromatic carbocycles. The van der Waals surface area contributed by atoms with Crippen LogP contribution in [-0.2, 0) is 0 Å². The SMILES string of the molecule is O=c1[nH]c2c(s1)[C@@H]1c3cc(Cl)ccc3OC[C@@H]1CS2.